The number of nitrogens with two attached hydrogens (primary N) is 1. The van der Waals surface area contributed by atoms with Crippen molar-refractivity contribution in [2.75, 3.05) is 12.8 Å². The number of anilines is 1. The van der Waals surface area contributed by atoms with Crippen molar-refractivity contribution in [1.82, 2.24) is 4.98 Å². The molecule has 0 unspecified atom stereocenters. The second kappa shape index (κ2) is 5.28. The van der Waals surface area contributed by atoms with Gasteiger partial charge in [-0.2, -0.15) is 13.2 Å². The van der Waals surface area contributed by atoms with Gasteiger partial charge in [-0.25, -0.2) is 4.98 Å². The zero-order valence-corrected chi connectivity index (χ0v) is 10.4. The maximum absolute atomic E-state index is 12.6. The van der Waals surface area contributed by atoms with Crippen molar-refractivity contribution in [2.24, 2.45) is 0 Å². The van der Waals surface area contributed by atoms with Gasteiger partial charge in [0.25, 0.3) is 0 Å². The summed E-state index contributed by atoms with van der Waals surface area (Å²) in [6, 6.07) is 7.13. The molecule has 0 spiro atoms. The molecule has 2 rings (SSSR count). The molecule has 1 aromatic carbocycles. The lowest BCUT2D eigenvalue weighted by molar-refractivity contribution is -0.141. The topological polar surface area (TPSA) is 57.4 Å². The van der Waals surface area contributed by atoms with E-state index in [-0.39, 0.29) is 11.4 Å². The Bertz CT molecular complexity index is 598. The quantitative estimate of drug-likeness (QED) is 0.937. The van der Waals surface area contributed by atoms with Crippen molar-refractivity contribution in [3.05, 3.63) is 42.2 Å². The summed E-state index contributed by atoms with van der Waals surface area (Å²) in [6.45, 7) is 0. The van der Waals surface area contributed by atoms with E-state index in [4.69, 9.17) is 15.2 Å². The predicted molar refractivity (Wildman–Crippen MR) is 66.7 cm³/mol. The summed E-state index contributed by atoms with van der Waals surface area (Å²) in [5.41, 5.74) is 4.52. The predicted octanol–water partition coefficient (Wildman–Crippen LogP) is 3.48. The molecule has 1 aromatic heterocycles. The number of nitrogens with zero attached hydrogens (tertiary/aromatic N) is 1. The molecule has 0 amide bonds. The first-order valence-electron chi connectivity index (χ1n) is 5.55. The highest BCUT2D eigenvalue weighted by molar-refractivity contribution is 5.53. The summed E-state index contributed by atoms with van der Waals surface area (Å²) in [5.74, 6) is 0.852. The number of pyridine rings is 1. The molecule has 0 fully saturated rings. The minimum absolute atomic E-state index is 0.0221. The lowest BCUT2D eigenvalue weighted by atomic mass is 10.3. The number of halogens is 3. The normalized spacial score (nSPS) is 11.2. The fourth-order valence-electron chi connectivity index (χ4n) is 1.46. The summed E-state index contributed by atoms with van der Waals surface area (Å²) in [4.78, 5) is 3.23. The van der Waals surface area contributed by atoms with E-state index in [0.29, 0.717) is 11.5 Å². The molecule has 2 N–H and O–H groups in total. The van der Waals surface area contributed by atoms with Crippen LogP contribution in [0.25, 0.3) is 0 Å². The van der Waals surface area contributed by atoms with Gasteiger partial charge in [0, 0.05) is 6.07 Å². The fourth-order valence-corrected chi connectivity index (χ4v) is 1.46. The molecule has 0 saturated heterocycles. The summed E-state index contributed by atoms with van der Waals surface area (Å²) in [6.07, 6.45) is -3.63. The first-order chi connectivity index (χ1) is 9.40. The van der Waals surface area contributed by atoms with Crippen LogP contribution in [-0.4, -0.2) is 12.1 Å². The van der Waals surface area contributed by atoms with E-state index < -0.39 is 11.9 Å². The van der Waals surface area contributed by atoms with Gasteiger partial charge < -0.3 is 15.2 Å². The first kappa shape index (κ1) is 14.0. The lowest BCUT2D eigenvalue weighted by Gasteiger charge is -2.11. The minimum atomic E-state index is -4.55. The van der Waals surface area contributed by atoms with Crippen LogP contribution in [0, 0.1) is 0 Å². The number of aromatic nitrogens is 1. The molecule has 7 heteroatoms. The summed E-state index contributed by atoms with van der Waals surface area (Å²) < 4.78 is 48.0. The number of methoxy groups -OCH3 is 1. The van der Waals surface area contributed by atoms with Crippen LogP contribution >= 0.6 is 0 Å². The van der Waals surface area contributed by atoms with Gasteiger partial charge in [-0.15, -0.1) is 0 Å². The van der Waals surface area contributed by atoms with E-state index in [9.17, 15) is 13.2 Å². The van der Waals surface area contributed by atoms with Crippen molar-refractivity contribution >= 4 is 5.69 Å². The van der Waals surface area contributed by atoms with E-state index in [1.165, 1.54) is 7.11 Å². The van der Waals surface area contributed by atoms with Gasteiger partial charge in [-0.05, 0) is 24.3 Å². The average Bonchev–Trinajstić information content (AvgIpc) is 2.41. The van der Waals surface area contributed by atoms with Crippen molar-refractivity contribution in [1.29, 1.82) is 0 Å². The number of nitrogen functional groups attached to an aromatic ring is 1. The highest BCUT2D eigenvalue weighted by Gasteiger charge is 2.33. The molecule has 1 heterocycles. The molecular formula is C13H11F3N2O2. The second-order valence-corrected chi connectivity index (χ2v) is 3.88. The van der Waals surface area contributed by atoms with Crippen molar-refractivity contribution in [3.8, 4) is 17.2 Å². The summed E-state index contributed by atoms with van der Waals surface area (Å²) in [5, 5.41) is 0. The molecule has 0 saturated carbocycles. The number of hydrogen-bond donors (Lipinski definition) is 1. The summed E-state index contributed by atoms with van der Waals surface area (Å²) in [7, 11) is 1.51. The second-order valence-electron chi connectivity index (χ2n) is 3.88. The van der Waals surface area contributed by atoms with E-state index in [1.54, 1.807) is 24.3 Å². The zero-order valence-electron chi connectivity index (χ0n) is 10.4. The highest BCUT2D eigenvalue weighted by atomic mass is 19.4. The summed E-state index contributed by atoms with van der Waals surface area (Å²) >= 11 is 0. The maximum Gasteiger partial charge on any atom is 0.433 e. The molecule has 20 heavy (non-hydrogen) atoms. The Hall–Kier alpha value is -2.44. The van der Waals surface area contributed by atoms with Crippen LogP contribution in [-0.2, 0) is 6.18 Å². The Balaban J connectivity index is 2.27. The Morgan fingerprint density at radius 1 is 1.10 bits per heavy atom. The molecule has 0 aliphatic heterocycles. The number of hydrogen-bond acceptors (Lipinski definition) is 4. The molecule has 0 bridgehead atoms. The minimum Gasteiger partial charge on any atom is -0.497 e. The van der Waals surface area contributed by atoms with Gasteiger partial charge in [-0.1, -0.05) is 0 Å². The van der Waals surface area contributed by atoms with Crippen LogP contribution in [0.2, 0.25) is 0 Å². The Labute approximate surface area is 113 Å². The number of ether oxygens (including phenoxy) is 2. The molecule has 0 aliphatic carbocycles. The average molecular weight is 284 g/mol. The van der Waals surface area contributed by atoms with Crippen LogP contribution in [0.15, 0.2) is 36.5 Å². The Morgan fingerprint density at radius 2 is 1.70 bits per heavy atom. The van der Waals surface area contributed by atoms with Crippen LogP contribution in [0.1, 0.15) is 5.69 Å². The highest BCUT2D eigenvalue weighted by Crippen LogP contribution is 2.34. The van der Waals surface area contributed by atoms with E-state index in [1.807, 2.05) is 0 Å². The van der Waals surface area contributed by atoms with Gasteiger partial charge in [0.2, 0.25) is 0 Å². The van der Waals surface area contributed by atoms with Gasteiger partial charge in [0.15, 0.2) is 5.75 Å². The molecule has 2 aromatic rings. The third-order valence-corrected chi connectivity index (χ3v) is 2.47. The van der Waals surface area contributed by atoms with Crippen LogP contribution in [0.5, 0.6) is 17.2 Å². The fraction of sp³-hybridized carbons (Fsp3) is 0.154. The molecule has 0 aliphatic rings. The van der Waals surface area contributed by atoms with Gasteiger partial charge in [0.1, 0.15) is 17.2 Å². The van der Waals surface area contributed by atoms with Crippen LogP contribution in [0.3, 0.4) is 0 Å². The van der Waals surface area contributed by atoms with Gasteiger partial charge >= 0.3 is 6.18 Å². The van der Waals surface area contributed by atoms with Gasteiger partial charge in [-0.3, -0.25) is 0 Å². The standard InChI is InChI=1S/C13H11F3N2O2/c1-19-8-2-4-9(5-3-8)20-11-6-12(13(14,15)16)18-7-10(11)17/h2-7H,17H2,1H3. The maximum atomic E-state index is 12.6. The number of rotatable bonds is 3. The van der Waals surface area contributed by atoms with Crippen molar-refractivity contribution < 1.29 is 22.6 Å². The first-order valence-corrected chi connectivity index (χ1v) is 5.55. The third-order valence-electron chi connectivity index (χ3n) is 2.47. The van der Waals surface area contributed by atoms with Crippen molar-refractivity contribution in [2.45, 2.75) is 6.18 Å². The molecule has 106 valence electrons. The lowest BCUT2D eigenvalue weighted by Crippen LogP contribution is -2.08. The molecule has 0 atom stereocenters. The van der Waals surface area contributed by atoms with Gasteiger partial charge in [0.05, 0.1) is 19.0 Å². The zero-order chi connectivity index (χ0) is 14.8. The van der Waals surface area contributed by atoms with Crippen molar-refractivity contribution in [3.63, 3.8) is 0 Å². The third kappa shape index (κ3) is 3.11. The van der Waals surface area contributed by atoms with E-state index in [2.05, 4.69) is 4.98 Å². The smallest absolute Gasteiger partial charge is 0.433 e. The van der Waals surface area contributed by atoms with E-state index >= 15 is 0 Å². The number of alkyl halides is 3. The SMILES string of the molecule is COc1ccc(Oc2cc(C(F)(F)F)ncc2N)cc1. The Morgan fingerprint density at radius 3 is 2.25 bits per heavy atom. The van der Waals surface area contributed by atoms with Crippen LogP contribution in [0.4, 0.5) is 18.9 Å². The van der Waals surface area contributed by atoms with E-state index in [0.717, 1.165) is 12.3 Å². The number of benzene rings is 1. The monoisotopic (exact) mass is 284 g/mol. The molecular weight excluding hydrogens is 273 g/mol. The Kier molecular flexibility index (Phi) is 3.69. The molecule has 0 radical (unpaired) electrons. The largest absolute Gasteiger partial charge is 0.497 e. The molecule has 4 nitrogen and oxygen atoms in total. The van der Waals surface area contributed by atoms with Crippen LogP contribution < -0.4 is 15.2 Å².